The molecule has 1 amide bonds. The molecule has 1 aromatic heterocycles. The van der Waals surface area contributed by atoms with Crippen LogP contribution in [0, 0.1) is 0 Å². The molecule has 6 nitrogen and oxygen atoms in total. The van der Waals surface area contributed by atoms with Crippen LogP contribution in [0.25, 0.3) is 0 Å². The zero-order valence-corrected chi connectivity index (χ0v) is 13.0. The molecule has 116 valence electrons. The second-order valence-corrected chi connectivity index (χ2v) is 5.93. The first-order chi connectivity index (χ1) is 10.5. The van der Waals surface area contributed by atoms with E-state index in [4.69, 9.17) is 4.52 Å². The van der Waals surface area contributed by atoms with Crippen molar-refractivity contribution < 1.29 is 9.32 Å². The number of carbonyl (C=O) groups excluding carboxylic acids is 1. The summed E-state index contributed by atoms with van der Waals surface area (Å²) < 4.78 is 5.31. The lowest BCUT2D eigenvalue weighted by Gasteiger charge is -2.19. The van der Waals surface area contributed by atoms with Gasteiger partial charge >= 0.3 is 0 Å². The van der Waals surface area contributed by atoms with Crippen molar-refractivity contribution >= 4 is 17.3 Å². The van der Waals surface area contributed by atoms with Gasteiger partial charge in [0.2, 0.25) is 11.8 Å². The third-order valence-electron chi connectivity index (χ3n) is 3.73. The van der Waals surface area contributed by atoms with E-state index < -0.39 is 0 Å². The number of nitrogens with zero attached hydrogens (tertiary/aromatic N) is 2. The summed E-state index contributed by atoms with van der Waals surface area (Å²) in [5.41, 5.74) is 3.02. The molecular weight excluding hydrogens is 280 g/mol. The Kier molecular flexibility index (Phi) is 3.83. The van der Waals surface area contributed by atoms with E-state index in [2.05, 4.69) is 26.8 Å². The Bertz CT molecular complexity index is 693. The van der Waals surface area contributed by atoms with E-state index in [1.54, 1.807) is 0 Å². The average molecular weight is 300 g/mol. The topological polar surface area (TPSA) is 80.0 Å². The largest absolute Gasteiger partial charge is 0.374 e. The van der Waals surface area contributed by atoms with Crippen LogP contribution in [0.3, 0.4) is 0 Å². The summed E-state index contributed by atoms with van der Waals surface area (Å²) in [5, 5.41) is 10.2. The zero-order chi connectivity index (χ0) is 15.7. The fraction of sp³-hybridized carbons (Fsp3) is 0.438. The number of anilines is 2. The fourth-order valence-electron chi connectivity index (χ4n) is 2.44. The van der Waals surface area contributed by atoms with E-state index in [-0.39, 0.29) is 17.9 Å². The number of hydrogen-bond donors (Lipinski definition) is 2. The highest BCUT2D eigenvalue weighted by Gasteiger charge is 2.18. The second kappa shape index (κ2) is 5.79. The van der Waals surface area contributed by atoms with Gasteiger partial charge in [0.05, 0.1) is 0 Å². The first-order valence-electron chi connectivity index (χ1n) is 7.55. The van der Waals surface area contributed by atoms with E-state index in [1.807, 2.05) is 32.9 Å². The number of benzene rings is 1. The predicted molar refractivity (Wildman–Crippen MR) is 83.8 cm³/mol. The van der Waals surface area contributed by atoms with Gasteiger partial charge in [-0.05, 0) is 37.1 Å². The maximum absolute atomic E-state index is 11.4. The summed E-state index contributed by atoms with van der Waals surface area (Å²) in [6.07, 6.45) is 1.30. The van der Waals surface area contributed by atoms with Gasteiger partial charge in [-0.15, -0.1) is 0 Å². The Labute approximate surface area is 129 Å². The van der Waals surface area contributed by atoms with Crippen molar-refractivity contribution in [1.29, 1.82) is 0 Å². The standard InChI is InChI=1S/C16H20N4O2/c1-9(2)15-19-16(22-20-15)10(3)17-12-5-6-13-11(8-12)4-7-14(21)18-13/h5-6,8-10,17H,4,7H2,1-3H3,(H,18,21)/t10-/m0/s1. The van der Waals surface area contributed by atoms with Gasteiger partial charge in [-0.25, -0.2) is 0 Å². The maximum Gasteiger partial charge on any atom is 0.248 e. The van der Waals surface area contributed by atoms with Crippen molar-refractivity contribution in [2.24, 2.45) is 0 Å². The normalized spacial score (nSPS) is 15.4. The van der Waals surface area contributed by atoms with Gasteiger partial charge in [0.15, 0.2) is 5.82 Å². The number of rotatable bonds is 4. The van der Waals surface area contributed by atoms with Crippen molar-refractivity contribution in [2.75, 3.05) is 10.6 Å². The molecular formula is C16H20N4O2. The summed E-state index contributed by atoms with van der Waals surface area (Å²) in [4.78, 5) is 15.8. The van der Waals surface area contributed by atoms with E-state index in [1.165, 1.54) is 0 Å². The van der Waals surface area contributed by atoms with Crippen molar-refractivity contribution in [3.8, 4) is 0 Å². The quantitative estimate of drug-likeness (QED) is 0.906. The Morgan fingerprint density at radius 2 is 2.09 bits per heavy atom. The number of amides is 1. The Morgan fingerprint density at radius 1 is 1.27 bits per heavy atom. The molecule has 0 fully saturated rings. The van der Waals surface area contributed by atoms with E-state index in [0.717, 1.165) is 29.2 Å². The van der Waals surface area contributed by atoms with Crippen LogP contribution in [0.2, 0.25) is 0 Å². The third-order valence-corrected chi connectivity index (χ3v) is 3.73. The number of fused-ring (bicyclic) bond motifs is 1. The van der Waals surface area contributed by atoms with Gasteiger partial charge in [0.1, 0.15) is 6.04 Å². The van der Waals surface area contributed by atoms with Crippen LogP contribution >= 0.6 is 0 Å². The Morgan fingerprint density at radius 3 is 2.82 bits per heavy atom. The number of carbonyl (C=O) groups is 1. The molecule has 3 rings (SSSR count). The van der Waals surface area contributed by atoms with Crippen LogP contribution in [-0.2, 0) is 11.2 Å². The highest BCUT2D eigenvalue weighted by Crippen LogP contribution is 2.27. The Balaban J connectivity index is 1.73. The lowest BCUT2D eigenvalue weighted by atomic mass is 10.0. The minimum absolute atomic E-state index is 0.0729. The number of aryl methyl sites for hydroxylation is 1. The number of nitrogens with one attached hydrogen (secondary N) is 2. The lowest BCUT2D eigenvalue weighted by molar-refractivity contribution is -0.116. The van der Waals surface area contributed by atoms with Gasteiger partial charge in [0, 0.05) is 23.7 Å². The smallest absolute Gasteiger partial charge is 0.248 e. The van der Waals surface area contributed by atoms with Crippen LogP contribution in [0.5, 0.6) is 0 Å². The summed E-state index contributed by atoms with van der Waals surface area (Å²) in [6.45, 7) is 6.05. The van der Waals surface area contributed by atoms with Crippen LogP contribution in [0.1, 0.15) is 56.4 Å². The van der Waals surface area contributed by atoms with Crippen molar-refractivity contribution in [3.63, 3.8) is 0 Å². The molecule has 2 aromatic rings. The highest BCUT2D eigenvalue weighted by molar-refractivity contribution is 5.94. The molecule has 0 bridgehead atoms. The molecule has 2 heterocycles. The molecule has 22 heavy (non-hydrogen) atoms. The van der Waals surface area contributed by atoms with E-state index >= 15 is 0 Å². The number of hydrogen-bond acceptors (Lipinski definition) is 5. The molecule has 0 unspecified atom stereocenters. The predicted octanol–water partition coefficient (Wildman–Crippen LogP) is 3.25. The first kappa shape index (κ1) is 14.6. The van der Waals surface area contributed by atoms with Gasteiger partial charge in [0.25, 0.3) is 0 Å². The molecule has 0 radical (unpaired) electrons. The highest BCUT2D eigenvalue weighted by atomic mass is 16.5. The third kappa shape index (κ3) is 2.95. The number of aromatic nitrogens is 2. The lowest BCUT2D eigenvalue weighted by Crippen LogP contribution is -2.19. The molecule has 0 aliphatic carbocycles. The van der Waals surface area contributed by atoms with Gasteiger partial charge in [-0.2, -0.15) is 4.98 Å². The van der Waals surface area contributed by atoms with E-state index in [0.29, 0.717) is 12.3 Å². The minimum atomic E-state index is -0.0729. The van der Waals surface area contributed by atoms with Crippen molar-refractivity contribution in [1.82, 2.24) is 10.1 Å². The van der Waals surface area contributed by atoms with Crippen LogP contribution in [0.15, 0.2) is 22.7 Å². The molecule has 0 saturated carbocycles. The van der Waals surface area contributed by atoms with Crippen LogP contribution in [-0.4, -0.2) is 16.0 Å². The zero-order valence-electron chi connectivity index (χ0n) is 13.0. The summed E-state index contributed by atoms with van der Waals surface area (Å²) >= 11 is 0. The minimum Gasteiger partial charge on any atom is -0.374 e. The van der Waals surface area contributed by atoms with Gasteiger partial charge in [-0.1, -0.05) is 19.0 Å². The summed E-state index contributed by atoms with van der Waals surface area (Å²) in [6, 6.07) is 5.86. The fourth-order valence-corrected chi connectivity index (χ4v) is 2.44. The van der Waals surface area contributed by atoms with Crippen LogP contribution < -0.4 is 10.6 Å². The summed E-state index contributed by atoms with van der Waals surface area (Å²) in [7, 11) is 0. The second-order valence-electron chi connectivity index (χ2n) is 5.93. The van der Waals surface area contributed by atoms with Crippen molar-refractivity contribution in [3.05, 3.63) is 35.5 Å². The summed E-state index contributed by atoms with van der Waals surface area (Å²) in [5.74, 6) is 1.62. The van der Waals surface area contributed by atoms with Crippen LogP contribution in [0.4, 0.5) is 11.4 Å². The maximum atomic E-state index is 11.4. The average Bonchev–Trinajstić information content (AvgIpc) is 2.97. The molecule has 1 atom stereocenters. The molecule has 0 spiro atoms. The van der Waals surface area contributed by atoms with Crippen molar-refractivity contribution in [2.45, 2.75) is 45.6 Å². The van der Waals surface area contributed by atoms with Gasteiger partial charge < -0.3 is 15.2 Å². The monoisotopic (exact) mass is 300 g/mol. The molecule has 0 saturated heterocycles. The molecule has 1 aromatic carbocycles. The molecule has 6 heteroatoms. The molecule has 2 N–H and O–H groups in total. The molecule has 1 aliphatic rings. The Hall–Kier alpha value is -2.37. The van der Waals surface area contributed by atoms with E-state index in [9.17, 15) is 4.79 Å². The first-order valence-corrected chi connectivity index (χ1v) is 7.55. The SMILES string of the molecule is CC(C)c1noc([C@H](C)Nc2ccc3c(c2)CCC(=O)N3)n1. The molecule has 1 aliphatic heterocycles. The van der Waals surface area contributed by atoms with Gasteiger partial charge in [-0.3, -0.25) is 4.79 Å².